The van der Waals surface area contributed by atoms with E-state index in [9.17, 15) is 9.18 Å². The Bertz CT molecular complexity index is 938. The lowest BCUT2D eigenvalue weighted by Gasteiger charge is -2.13. The molecule has 0 fully saturated rings. The van der Waals surface area contributed by atoms with Crippen molar-refractivity contribution in [1.82, 2.24) is 9.97 Å². The molecule has 1 unspecified atom stereocenters. The van der Waals surface area contributed by atoms with Crippen molar-refractivity contribution in [2.45, 2.75) is 38.0 Å². The van der Waals surface area contributed by atoms with E-state index >= 15 is 0 Å². The Labute approximate surface area is 153 Å². The van der Waals surface area contributed by atoms with Crippen LogP contribution in [0.1, 0.15) is 23.2 Å². The van der Waals surface area contributed by atoms with E-state index in [1.54, 1.807) is 23.5 Å². The number of aryl methyl sites for hydroxylation is 3. The molecule has 0 radical (unpaired) electrons. The molecule has 0 saturated carbocycles. The minimum absolute atomic E-state index is 0.148. The van der Waals surface area contributed by atoms with E-state index in [0.717, 1.165) is 20.8 Å². The average molecular weight is 375 g/mol. The first-order valence-corrected chi connectivity index (χ1v) is 9.52. The molecule has 1 aromatic carbocycles. The monoisotopic (exact) mass is 375 g/mol. The van der Waals surface area contributed by atoms with Crippen LogP contribution in [0.5, 0.6) is 0 Å². The first-order chi connectivity index (χ1) is 11.8. The van der Waals surface area contributed by atoms with Crippen LogP contribution >= 0.6 is 23.1 Å². The maximum absolute atomic E-state index is 13.0. The number of halogens is 1. The van der Waals surface area contributed by atoms with Crippen molar-refractivity contribution in [2.75, 3.05) is 5.32 Å². The van der Waals surface area contributed by atoms with Crippen molar-refractivity contribution >= 4 is 44.9 Å². The van der Waals surface area contributed by atoms with E-state index in [4.69, 9.17) is 0 Å². The molecule has 0 saturated heterocycles. The van der Waals surface area contributed by atoms with Crippen LogP contribution in [0.25, 0.3) is 10.2 Å². The molecule has 1 N–H and O–H groups in total. The summed E-state index contributed by atoms with van der Waals surface area (Å²) in [5, 5.41) is 4.31. The number of hydrogen-bond donors (Lipinski definition) is 1. The summed E-state index contributed by atoms with van der Waals surface area (Å²) in [6.45, 7) is 7.81. The second-order valence-electron chi connectivity index (χ2n) is 5.80. The largest absolute Gasteiger partial charge is 0.325 e. The molecule has 0 aliphatic rings. The lowest BCUT2D eigenvalue weighted by atomic mass is 10.2. The molecular weight excluding hydrogens is 357 g/mol. The van der Waals surface area contributed by atoms with Crippen molar-refractivity contribution in [3.8, 4) is 0 Å². The average Bonchev–Trinajstić information content (AvgIpc) is 2.83. The van der Waals surface area contributed by atoms with E-state index in [1.165, 1.54) is 28.8 Å². The zero-order valence-electron chi connectivity index (χ0n) is 14.4. The molecule has 25 heavy (non-hydrogen) atoms. The highest BCUT2D eigenvalue weighted by Gasteiger charge is 2.20. The number of thioether (sulfide) groups is 1. The van der Waals surface area contributed by atoms with E-state index in [-0.39, 0.29) is 17.0 Å². The number of hydrogen-bond acceptors (Lipinski definition) is 5. The maximum atomic E-state index is 13.0. The predicted molar refractivity (Wildman–Crippen MR) is 102 cm³/mol. The zero-order chi connectivity index (χ0) is 18.1. The molecule has 0 aliphatic carbocycles. The van der Waals surface area contributed by atoms with Gasteiger partial charge in [-0.3, -0.25) is 4.79 Å². The lowest BCUT2D eigenvalue weighted by molar-refractivity contribution is -0.115. The quantitative estimate of drug-likeness (QED) is 0.522. The van der Waals surface area contributed by atoms with Gasteiger partial charge in [-0.1, -0.05) is 11.8 Å². The molecule has 3 rings (SSSR count). The summed E-state index contributed by atoms with van der Waals surface area (Å²) < 4.78 is 13.0. The van der Waals surface area contributed by atoms with Gasteiger partial charge in [-0.05, 0) is 57.5 Å². The van der Waals surface area contributed by atoms with Crippen LogP contribution in [-0.4, -0.2) is 21.1 Å². The summed E-state index contributed by atoms with van der Waals surface area (Å²) in [6.07, 6.45) is 0. The molecule has 2 heterocycles. The van der Waals surface area contributed by atoms with Crippen LogP contribution < -0.4 is 5.32 Å². The Morgan fingerprint density at radius 2 is 1.88 bits per heavy atom. The van der Waals surface area contributed by atoms with E-state index in [2.05, 4.69) is 29.1 Å². The van der Waals surface area contributed by atoms with Crippen LogP contribution in [-0.2, 0) is 4.79 Å². The number of thiophene rings is 1. The fourth-order valence-electron chi connectivity index (χ4n) is 2.40. The summed E-state index contributed by atoms with van der Waals surface area (Å²) in [6, 6.07) is 5.73. The third kappa shape index (κ3) is 3.82. The molecular formula is C18H18FN3OS2. The van der Waals surface area contributed by atoms with Crippen molar-refractivity contribution in [1.29, 1.82) is 0 Å². The summed E-state index contributed by atoms with van der Waals surface area (Å²) in [4.78, 5) is 23.7. The number of nitrogens with zero attached hydrogens (tertiary/aromatic N) is 2. The summed E-state index contributed by atoms with van der Waals surface area (Å²) in [5.41, 5.74) is 1.74. The number of anilines is 1. The molecule has 1 atom stereocenters. The highest BCUT2D eigenvalue weighted by molar-refractivity contribution is 8.00. The van der Waals surface area contributed by atoms with Gasteiger partial charge in [0.1, 0.15) is 21.5 Å². The number of aromatic nitrogens is 2. The van der Waals surface area contributed by atoms with E-state index in [0.29, 0.717) is 11.5 Å². The van der Waals surface area contributed by atoms with Gasteiger partial charge in [0.05, 0.1) is 5.25 Å². The first-order valence-electron chi connectivity index (χ1n) is 7.82. The van der Waals surface area contributed by atoms with Crippen molar-refractivity contribution in [3.05, 3.63) is 46.3 Å². The van der Waals surface area contributed by atoms with Crippen molar-refractivity contribution < 1.29 is 9.18 Å². The summed E-state index contributed by atoms with van der Waals surface area (Å²) in [5.74, 6) is 0.218. The molecule has 0 bridgehead atoms. The fraction of sp³-hybridized carbons (Fsp3) is 0.278. The Morgan fingerprint density at radius 1 is 1.20 bits per heavy atom. The number of benzene rings is 1. The smallest absolute Gasteiger partial charge is 0.237 e. The zero-order valence-corrected chi connectivity index (χ0v) is 16.0. The molecule has 3 aromatic rings. The van der Waals surface area contributed by atoms with Crippen LogP contribution in [0, 0.1) is 26.6 Å². The Hall–Kier alpha value is -1.99. The molecule has 1 amide bonds. The summed E-state index contributed by atoms with van der Waals surface area (Å²) >= 11 is 3.06. The minimum atomic E-state index is -0.345. The van der Waals surface area contributed by atoms with Gasteiger partial charge in [0.2, 0.25) is 5.91 Å². The van der Waals surface area contributed by atoms with Gasteiger partial charge >= 0.3 is 0 Å². The summed E-state index contributed by atoms with van der Waals surface area (Å²) in [7, 11) is 0. The third-order valence-electron chi connectivity index (χ3n) is 3.88. The second-order valence-corrected chi connectivity index (χ2v) is 8.33. The number of fused-ring (bicyclic) bond motifs is 1. The number of nitrogens with one attached hydrogen (secondary N) is 1. The van der Waals surface area contributed by atoms with Crippen molar-refractivity contribution in [2.24, 2.45) is 0 Å². The highest BCUT2D eigenvalue weighted by atomic mass is 32.2. The van der Waals surface area contributed by atoms with Gasteiger partial charge < -0.3 is 5.32 Å². The first kappa shape index (κ1) is 17.8. The van der Waals surface area contributed by atoms with E-state index in [1.807, 2.05) is 13.8 Å². The molecule has 4 nitrogen and oxygen atoms in total. The Balaban J connectivity index is 1.82. The van der Waals surface area contributed by atoms with Gasteiger partial charge in [0.15, 0.2) is 0 Å². The van der Waals surface area contributed by atoms with E-state index < -0.39 is 0 Å². The van der Waals surface area contributed by atoms with Crippen LogP contribution in [0.15, 0.2) is 29.3 Å². The molecule has 130 valence electrons. The van der Waals surface area contributed by atoms with Crippen LogP contribution in [0.3, 0.4) is 0 Å². The predicted octanol–water partition coefficient (Wildman–Crippen LogP) is 4.87. The number of amides is 1. The third-order valence-corrected chi connectivity index (χ3v) is 6.06. The van der Waals surface area contributed by atoms with Gasteiger partial charge in [0, 0.05) is 16.0 Å². The molecule has 2 aromatic heterocycles. The SMILES string of the molecule is Cc1nc(SC(C)C(=O)Nc2ccc(F)cc2)c2c(C)c(C)sc2n1. The topological polar surface area (TPSA) is 54.9 Å². The standard InChI is InChI=1S/C18H18FN3OS2/c1-9-10(2)24-17-15(9)18(21-12(4)20-17)25-11(3)16(23)22-14-7-5-13(19)6-8-14/h5-8,11H,1-4H3,(H,22,23). The van der Waals surface area contributed by atoms with Gasteiger partial charge in [-0.2, -0.15) is 0 Å². The molecule has 7 heteroatoms. The van der Waals surface area contributed by atoms with Crippen LogP contribution in [0.2, 0.25) is 0 Å². The maximum Gasteiger partial charge on any atom is 0.237 e. The fourth-order valence-corrected chi connectivity index (χ4v) is 4.59. The van der Waals surface area contributed by atoms with Gasteiger partial charge in [-0.15, -0.1) is 11.3 Å². The van der Waals surface area contributed by atoms with Crippen LogP contribution in [0.4, 0.5) is 10.1 Å². The highest BCUT2D eigenvalue weighted by Crippen LogP contribution is 2.36. The Morgan fingerprint density at radius 3 is 2.56 bits per heavy atom. The molecule has 0 aliphatic heterocycles. The van der Waals surface area contributed by atoms with Gasteiger partial charge in [-0.25, -0.2) is 14.4 Å². The number of carbonyl (C=O) groups excluding carboxylic acids is 1. The normalized spacial score (nSPS) is 12.4. The molecule has 0 spiro atoms. The number of carbonyl (C=O) groups is 1. The second kappa shape index (κ2) is 7.09. The Kier molecular flexibility index (Phi) is 5.06. The minimum Gasteiger partial charge on any atom is -0.325 e. The lowest BCUT2D eigenvalue weighted by Crippen LogP contribution is -2.22. The number of rotatable bonds is 4. The van der Waals surface area contributed by atoms with Crippen molar-refractivity contribution in [3.63, 3.8) is 0 Å². The van der Waals surface area contributed by atoms with Gasteiger partial charge in [0.25, 0.3) is 0 Å².